The van der Waals surface area contributed by atoms with Gasteiger partial charge in [-0.15, -0.1) is 0 Å². The Kier molecular flexibility index (Phi) is 4.50. The number of nitrogens with one attached hydrogen (secondary N) is 1. The number of hydrogen-bond acceptors (Lipinski definition) is 1. The minimum Gasteiger partial charge on any atom is -0.313 e. The van der Waals surface area contributed by atoms with E-state index >= 15 is 0 Å². The molecule has 2 rings (SSSR count). The Morgan fingerprint density at radius 3 is 2.67 bits per heavy atom. The molecule has 1 nitrogen and oxygen atoms in total. The molecule has 3 atom stereocenters. The van der Waals surface area contributed by atoms with Crippen LogP contribution < -0.4 is 5.32 Å². The number of hydrogen-bond donors (Lipinski definition) is 1. The van der Waals surface area contributed by atoms with Crippen LogP contribution in [0.1, 0.15) is 51.5 Å². The number of benzene rings is 1. The summed E-state index contributed by atoms with van der Waals surface area (Å²) in [6, 6.07) is 9.38. The van der Waals surface area contributed by atoms with Crippen molar-refractivity contribution in [1.29, 1.82) is 0 Å². The van der Waals surface area contributed by atoms with Gasteiger partial charge < -0.3 is 5.32 Å². The Labute approximate surface area is 119 Å². The largest absolute Gasteiger partial charge is 0.313 e. The molecule has 0 spiro atoms. The molecule has 1 fully saturated rings. The fourth-order valence-electron chi connectivity index (χ4n) is 3.22. The van der Waals surface area contributed by atoms with Gasteiger partial charge in [-0.1, -0.05) is 54.9 Å². The van der Waals surface area contributed by atoms with Crippen LogP contribution in [0.5, 0.6) is 0 Å². The average Bonchev–Trinajstić information content (AvgIpc) is 2.38. The third-order valence-corrected chi connectivity index (χ3v) is 5.47. The van der Waals surface area contributed by atoms with Crippen LogP contribution in [-0.2, 0) is 0 Å². The van der Waals surface area contributed by atoms with Crippen LogP contribution in [0.15, 0.2) is 28.7 Å². The van der Waals surface area contributed by atoms with Gasteiger partial charge >= 0.3 is 0 Å². The third-order valence-electron chi connectivity index (χ3n) is 4.75. The SMILES string of the molecule is CCCNC1CC(c2ccccc2Br)C1(C)CC. The first kappa shape index (κ1) is 14.1. The minimum atomic E-state index is 0.402. The summed E-state index contributed by atoms with van der Waals surface area (Å²) in [4.78, 5) is 0. The maximum atomic E-state index is 3.71. The standard InChI is InChI=1S/C16H24BrN/c1-4-10-18-15-11-13(16(15,3)5-2)12-8-6-7-9-14(12)17/h6-9,13,15,18H,4-5,10-11H2,1-3H3. The Morgan fingerprint density at radius 2 is 2.06 bits per heavy atom. The van der Waals surface area contributed by atoms with Crippen LogP contribution in [-0.4, -0.2) is 12.6 Å². The molecular weight excluding hydrogens is 286 g/mol. The van der Waals surface area contributed by atoms with Crippen molar-refractivity contribution < 1.29 is 0 Å². The van der Waals surface area contributed by atoms with E-state index in [0.29, 0.717) is 17.4 Å². The highest BCUT2D eigenvalue weighted by Gasteiger charge is 2.50. The Morgan fingerprint density at radius 1 is 1.33 bits per heavy atom. The Bertz CT molecular complexity index is 404. The highest BCUT2D eigenvalue weighted by atomic mass is 79.9. The van der Waals surface area contributed by atoms with Crippen LogP contribution >= 0.6 is 15.9 Å². The average molecular weight is 310 g/mol. The molecular formula is C16H24BrN. The Hall–Kier alpha value is -0.340. The van der Waals surface area contributed by atoms with Gasteiger partial charge in [0, 0.05) is 10.5 Å². The van der Waals surface area contributed by atoms with E-state index in [1.54, 1.807) is 0 Å². The van der Waals surface area contributed by atoms with E-state index in [0.717, 1.165) is 6.54 Å². The molecule has 1 aliphatic rings. The smallest absolute Gasteiger partial charge is 0.0210 e. The maximum absolute atomic E-state index is 3.71. The summed E-state index contributed by atoms with van der Waals surface area (Å²) in [5.74, 6) is 0.687. The highest BCUT2D eigenvalue weighted by molar-refractivity contribution is 9.10. The normalized spacial score (nSPS) is 31.1. The van der Waals surface area contributed by atoms with Gasteiger partial charge in [0.25, 0.3) is 0 Å². The molecule has 1 N–H and O–H groups in total. The van der Waals surface area contributed by atoms with Gasteiger partial charge in [0.05, 0.1) is 0 Å². The van der Waals surface area contributed by atoms with Gasteiger partial charge in [0.1, 0.15) is 0 Å². The van der Waals surface area contributed by atoms with E-state index in [1.165, 1.54) is 29.3 Å². The van der Waals surface area contributed by atoms with Crippen LogP contribution in [0.3, 0.4) is 0 Å². The second-order valence-corrected chi connectivity index (χ2v) is 6.53. The molecule has 0 bridgehead atoms. The molecule has 1 aromatic carbocycles. The van der Waals surface area contributed by atoms with Crippen LogP contribution in [0.2, 0.25) is 0 Å². The van der Waals surface area contributed by atoms with Crippen molar-refractivity contribution in [3.63, 3.8) is 0 Å². The summed E-state index contributed by atoms with van der Waals surface area (Å²) in [5, 5.41) is 3.71. The molecule has 100 valence electrons. The minimum absolute atomic E-state index is 0.402. The summed E-state index contributed by atoms with van der Waals surface area (Å²) in [7, 11) is 0. The second-order valence-electron chi connectivity index (χ2n) is 5.68. The van der Waals surface area contributed by atoms with Crippen LogP contribution in [0.25, 0.3) is 0 Å². The van der Waals surface area contributed by atoms with Crippen molar-refractivity contribution in [2.24, 2.45) is 5.41 Å². The molecule has 1 aromatic rings. The van der Waals surface area contributed by atoms with Gasteiger partial charge in [-0.2, -0.15) is 0 Å². The zero-order valence-corrected chi connectivity index (χ0v) is 13.3. The molecule has 0 saturated heterocycles. The number of halogens is 1. The lowest BCUT2D eigenvalue weighted by atomic mass is 9.54. The van der Waals surface area contributed by atoms with Gasteiger partial charge in [0.2, 0.25) is 0 Å². The quantitative estimate of drug-likeness (QED) is 0.829. The summed E-state index contributed by atoms with van der Waals surface area (Å²) in [5.41, 5.74) is 1.88. The summed E-state index contributed by atoms with van der Waals surface area (Å²) in [6.45, 7) is 8.14. The first-order valence-electron chi connectivity index (χ1n) is 7.11. The highest BCUT2D eigenvalue weighted by Crippen LogP contribution is 2.56. The predicted molar refractivity (Wildman–Crippen MR) is 82.0 cm³/mol. The van der Waals surface area contributed by atoms with E-state index in [-0.39, 0.29) is 0 Å². The molecule has 18 heavy (non-hydrogen) atoms. The van der Waals surface area contributed by atoms with Crippen LogP contribution in [0.4, 0.5) is 0 Å². The number of rotatable bonds is 5. The van der Waals surface area contributed by atoms with Crippen molar-refractivity contribution in [2.75, 3.05) is 6.54 Å². The van der Waals surface area contributed by atoms with Crippen molar-refractivity contribution in [3.8, 4) is 0 Å². The molecule has 3 unspecified atom stereocenters. The summed E-state index contributed by atoms with van der Waals surface area (Å²) in [6.07, 6.45) is 3.73. The fourth-order valence-corrected chi connectivity index (χ4v) is 3.79. The van der Waals surface area contributed by atoms with Crippen LogP contribution in [0, 0.1) is 5.41 Å². The molecule has 0 radical (unpaired) electrons. The van der Waals surface area contributed by atoms with Crippen molar-refractivity contribution >= 4 is 15.9 Å². The molecule has 1 saturated carbocycles. The lowest BCUT2D eigenvalue weighted by molar-refractivity contribution is 0.0441. The monoisotopic (exact) mass is 309 g/mol. The van der Waals surface area contributed by atoms with E-state index in [2.05, 4.69) is 66.3 Å². The maximum Gasteiger partial charge on any atom is 0.0210 e. The van der Waals surface area contributed by atoms with Gasteiger partial charge in [0.15, 0.2) is 0 Å². The Balaban J connectivity index is 2.15. The third kappa shape index (κ3) is 2.37. The second kappa shape index (κ2) is 5.75. The predicted octanol–water partition coefficient (Wildman–Crippen LogP) is 4.72. The molecule has 2 heteroatoms. The zero-order chi connectivity index (χ0) is 13.2. The summed E-state index contributed by atoms with van der Waals surface area (Å²) >= 11 is 3.70. The van der Waals surface area contributed by atoms with E-state index in [1.807, 2.05) is 0 Å². The van der Waals surface area contributed by atoms with E-state index in [4.69, 9.17) is 0 Å². The van der Waals surface area contributed by atoms with Gasteiger partial charge in [-0.3, -0.25) is 0 Å². The molecule has 0 aromatic heterocycles. The van der Waals surface area contributed by atoms with Crippen molar-refractivity contribution in [1.82, 2.24) is 5.32 Å². The lowest BCUT2D eigenvalue weighted by Gasteiger charge is -2.55. The first-order chi connectivity index (χ1) is 8.63. The molecule has 0 heterocycles. The summed E-state index contributed by atoms with van der Waals surface area (Å²) < 4.78 is 1.27. The topological polar surface area (TPSA) is 12.0 Å². The van der Waals surface area contributed by atoms with E-state index in [9.17, 15) is 0 Å². The lowest BCUT2D eigenvalue weighted by Crippen LogP contribution is -2.56. The van der Waals surface area contributed by atoms with Crippen molar-refractivity contribution in [2.45, 2.75) is 52.0 Å². The first-order valence-corrected chi connectivity index (χ1v) is 7.90. The fraction of sp³-hybridized carbons (Fsp3) is 0.625. The van der Waals surface area contributed by atoms with E-state index < -0.39 is 0 Å². The molecule has 0 aliphatic heterocycles. The van der Waals surface area contributed by atoms with Gasteiger partial charge in [-0.25, -0.2) is 0 Å². The molecule has 1 aliphatic carbocycles. The zero-order valence-electron chi connectivity index (χ0n) is 11.7. The van der Waals surface area contributed by atoms with Gasteiger partial charge in [-0.05, 0) is 48.8 Å². The molecule has 0 amide bonds. The van der Waals surface area contributed by atoms with Crippen molar-refractivity contribution in [3.05, 3.63) is 34.3 Å².